The number of benzene rings is 1. The Morgan fingerprint density at radius 2 is 2.25 bits per heavy atom. The van der Waals surface area contributed by atoms with Gasteiger partial charge in [0.1, 0.15) is 28.8 Å². The molecule has 2 unspecified atom stereocenters. The van der Waals surface area contributed by atoms with Gasteiger partial charge in [-0.1, -0.05) is 6.07 Å². The SMILES string of the molecule is COC(=O)Nc1nn(C2(CC#N)CCN(Cc3ccc(-c4ccco4)c(O)c3)CC2F)cc1C(N)=O. The summed E-state index contributed by atoms with van der Waals surface area (Å²) in [7, 11) is 1.14. The van der Waals surface area contributed by atoms with Gasteiger partial charge in [0.2, 0.25) is 0 Å². The smallest absolute Gasteiger partial charge is 0.412 e. The van der Waals surface area contributed by atoms with Gasteiger partial charge in [-0.3, -0.25) is 19.7 Å². The Labute approximate surface area is 205 Å². The number of rotatable bonds is 7. The Kier molecular flexibility index (Phi) is 6.93. The van der Waals surface area contributed by atoms with Crippen molar-refractivity contribution in [3.8, 4) is 23.1 Å². The van der Waals surface area contributed by atoms with E-state index in [1.807, 2.05) is 17.0 Å². The number of ether oxygens (including phenoxy) is 1. The molecule has 3 heterocycles. The molecule has 1 aromatic carbocycles. The number of carbonyl (C=O) groups excluding carboxylic acids is 2. The summed E-state index contributed by atoms with van der Waals surface area (Å²) in [6.45, 7) is 0.762. The van der Waals surface area contributed by atoms with Crippen molar-refractivity contribution in [1.29, 1.82) is 5.26 Å². The van der Waals surface area contributed by atoms with Crippen molar-refractivity contribution < 1.29 is 28.2 Å². The van der Waals surface area contributed by atoms with Crippen LogP contribution in [0.4, 0.5) is 15.0 Å². The van der Waals surface area contributed by atoms with Crippen molar-refractivity contribution in [2.24, 2.45) is 5.73 Å². The van der Waals surface area contributed by atoms with Crippen LogP contribution in [0.3, 0.4) is 0 Å². The number of nitrogens with two attached hydrogens (primary N) is 1. The van der Waals surface area contributed by atoms with Crippen molar-refractivity contribution in [2.45, 2.75) is 31.1 Å². The first kappa shape index (κ1) is 24.7. The van der Waals surface area contributed by atoms with Crippen molar-refractivity contribution >= 4 is 17.8 Å². The standard InChI is InChI=1S/C24H25FN6O5/c1-35-23(34)28-22-17(21(27)33)13-31(29-22)24(6-8-26)7-9-30(14-20(24)25)12-15-4-5-16(18(32)11-15)19-3-2-10-36-19/h2-5,10-11,13,20,32H,6-7,9,12,14H2,1H3,(H2,27,33)(H,28,29,34). The van der Waals surface area contributed by atoms with Gasteiger partial charge in [-0.05, 0) is 36.2 Å². The number of anilines is 1. The van der Waals surface area contributed by atoms with Crippen LogP contribution in [0.1, 0.15) is 28.8 Å². The second-order valence-electron chi connectivity index (χ2n) is 8.54. The Hall–Kier alpha value is -4.37. The molecule has 1 aliphatic rings. The summed E-state index contributed by atoms with van der Waals surface area (Å²) < 4.78 is 26.9. The fourth-order valence-corrected chi connectivity index (χ4v) is 4.41. The summed E-state index contributed by atoms with van der Waals surface area (Å²) in [4.78, 5) is 25.4. The van der Waals surface area contributed by atoms with Gasteiger partial charge in [-0.2, -0.15) is 10.4 Å². The maximum absolute atomic E-state index is 15.8. The molecule has 0 spiro atoms. The zero-order valence-corrected chi connectivity index (χ0v) is 19.5. The van der Waals surface area contributed by atoms with Crippen LogP contribution >= 0.6 is 0 Å². The van der Waals surface area contributed by atoms with E-state index < -0.39 is 23.7 Å². The third-order valence-corrected chi connectivity index (χ3v) is 6.34. The highest BCUT2D eigenvalue weighted by Gasteiger charge is 2.46. The minimum atomic E-state index is -1.53. The molecule has 12 heteroatoms. The number of phenols is 1. The van der Waals surface area contributed by atoms with Crippen LogP contribution in [0.2, 0.25) is 0 Å². The normalized spacial score (nSPS) is 20.0. The van der Waals surface area contributed by atoms with Crippen molar-refractivity contribution in [3.05, 3.63) is 53.9 Å². The lowest BCUT2D eigenvalue weighted by atomic mass is 9.83. The largest absolute Gasteiger partial charge is 0.507 e. The average molecular weight is 496 g/mol. The lowest BCUT2D eigenvalue weighted by Gasteiger charge is -2.43. The number of hydrogen-bond acceptors (Lipinski definition) is 8. The molecule has 4 N–H and O–H groups in total. The van der Waals surface area contributed by atoms with E-state index in [0.717, 1.165) is 12.7 Å². The molecule has 2 amide bonds. The van der Waals surface area contributed by atoms with E-state index in [4.69, 9.17) is 10.2 Å². The highest BCUT2D eigenvalue weighted by atomic mass is 19.1. The average Bonchev–Trinajstić information content (AvgIpc) is 3.52. The highest BCUT2D eigenvalue weighted by Crippen LogP contribution is 2.38. The minimum absolute atomic E-state index is 0.0199. The molecule has 2 atom stereocenters. The lowest BCUT2D eigenvalue weighted by Crippen LogP contribution is -2.54. The number of furan rings is 1. The van der Waals surface area contributed by atoms with E-state index in [1.165, 1.54) is 17.1 Å². The summed E-state index contributed by atoms with van der Waals surface area (Å²) in [5, 5.41) is 26.4. The van der Waals surface area contributed by atoms with E-state index in [0.29, 0.717) is 24.4 Å². The molecule has 188 valence electrons. The van der Waals surface area contributed by atoms with E-state index in [1.54, 1.807) is 24.3 Å². The maximum atomic E-state index is 15.8. The number of aromatic nitrogens is 2. The Bertz CT molecular complexity index is 1300. The van der Waals surface area contributed by atoms with E-state index in [9.17, 15) is 20.0 Å². The molecular formula is C24H25FN6O5. The molecule has 0 saturated carbocycles. The van der Waals surface area contributed by atoms with Crippen LogP contribution in [0, 0.1) is 11.3 Å². The van der Waals surface area contributed by atoms with Crippen LogP contribution in [0.5, 0.6) is 5.75 Å². The maximum Gasteiger partial charge on any atom is 0.412 e. The first-order valence-electron chi connectivity index (χ1n) is 11.1. The molecule has 11 nitrogen and oxygen atoms in total. The van der Waals surface area contributed by atoms with Crippen LogP contribution in [0.15, 0.2) is 47.2 Å². The molecular weight excluding hydrogens is 471 g/mol. The molecule has 1 aliphatic heterocycles. The van der Waals surface area contributed by atoms with Crippen molar-refractivity contribution in [1.82, 2.24) is 14.7 Å². The molecule has 36 heavy (non-hydrogen) atoms. The molecule has 0 aliphatic carbocycles. The van der Waals surface area contributed by atoms with E-state index in [2.05, 4.69) is 15.2 Å². The summed E-state index contributed by atoms with van der Waals surface area (Å²) in [6.07, 6.45) is 0.358. The number of hydrogen-bond donors (Lipinski definition) is 3. The van der Waals surface area contributed by atoms with Gasteiger partial charge in [0, 0.05) is 25.8 Å². The van der Waals surface area contributed by atoms with Crippen LogP contribution in [-0.4, -0.2) is 58.2 Å². The van der Waals surface area contributed by atoms with Gasteiger partial charge in [0.25, 0.3) is 5.91 Å². The molecule has 1 fully saturated rings. The zero-order chi connectivity index (χ0) is 25.9. The minimum Gasteiger partial charge on any atom is -0.507 e. The number of nitrogens with zero attached hydrogens (tertiary/aromatic N) is 4. The fourth-order valence-electron chi connectivity index (χ4n) is 4.41. The van der Waals surface area contributed by atoms with E-state index in [-0.39, 0.29) is 36.5 Å². The molecule has 1 saturated heterocycles. The number of carbonyl (C=O) groups is 2. The van der Waals surface area contributed by atoms with Crippen LogP contribution < -0.4 is 11.1 Å². The number of phenolic OH excluding ortho intramolecular Hbond substituents is 1. The van der Waals surface area contributed by atoms with Gasteiger partial charge >= 0.3 is 6.09 Å². The third-order valence-electron chi connectivity index (χ3n) is 6.34. The van der Waals surface area contributed by atoms with Gasteiger partial charge < -0.3 is 20.0 Å². The number of nitrogens with one attached hydrogen (secondary N) is 1. The number of nitriles is 1. The Balaban J connectivity index is 1.54. The van der Waals surface area contributed by atoms with Gasteiger partial charge in [-0.15, -0.1) is 0 Å². The zero-order valence-electron chi connectivity index (χ0n) is 19.5. The van der Waals surface area contributed by atoms with Gasteiger partial charge in [-0.25, -0.2) is 9.18 Å². The quantitative estimate of drug-likeness (QED) is 0.450. The fraction of sp³-hybridized carbons (Fsp3) is 0.333. The summed E-state index contributed by atoms with van der Waals surface area (Å²) in [6, 6.07) is 10.7. The Morgan fingerprint density at radius 3 is 2.86 bits per heavy atom. The monoisotopic (exact) mass is 496 g/mol. The molecule has 4 rings (SSSR count). The molecule has 3 aromatic rings. The molecule has 0 bridgehead atoms. The number of amides is 2. The molecule has 2 aromatic heterocycles. The first-order valence-corrected chi connectivity index (χ1v) is 11.1. The number of piperidine rings is 1. The van der Waals surface area contributed by atoms with Crippen LogP contribution in [0.25, 0.3) is 11.3 Å². The summed E-state index contributed by atoms with van der Waals surface area (Å²) >= 11 is 0. The number of alkyl halides is 1. The molecule has 0 radical (unpaired) electrons. The second kappa shape index (κ2) is 10.1. The van der Waals surface area contributed by atoms with Gasteiger partial charge in [0.15, 0.2) is 5.82 Å². The van der Waals surface area contributed by atoms with Crippen molar-refractivity contribution in [3.63, 3.8) is 0 Å². The lowest BCUT2D eigenvalue weighted by molar-refractivity contribution is 0.00693. The van der Waals surface area contributed by atoms with Crippen LogP contribution in [-0.2, 0) is 16.8 Å². The highest BCUT2D eigenvalue weighted by molar-refractivity contribution is 6.00. The first-order chi connectivity index (χ1) is 17.3. The predicted molar refractivity (Wildman–Crippen MR) is 126 cm³/mol. The van der Waals surface area contributed by atoms with Crippen molar-refractivity contribution in [2.75, 3.05) is 25.5 Å². The third kappa shape index (κ3) is 4.73. The van der Waals surface area contributed by atoms with Gasteiger partial charge in [0.05, 0.1) is 31.4 Å². The number of primary amides is 1. The Morgan fingerprint density at radius 1 is 1.44 bits per heavy atom. The second-order valence-corrected chi connectivity index (χ2v) is 8.54. The summed E-state index contributed by atoms with van der Waals surface area (Å²) in [5.41, 5.74) is 5.26. The number of halogens is 1. The number of methoxy groups -OCH3 is 1. The summed E-state index contributed by atoms with van der Waals surface area (Å²) in [5.74, 6) is -0.451. The predicted octanol–water partition coefficient (Wildman–Crippen LogP) is 2.98. The number of likely N-dealkylation sites (tertiary alicyclic amines) is 1. The number of aromatic hydroxyl groups is 1. The topological polar surface area (TPSA) is 160 Å². The van der Waals surface area contributed by atoms with E-state index >= 15 is 4.39 Å².